The number of carbonyl (C=O) groups excluding carboxylic acids is 2. The van der Waals surface area contributed by atoms with Gasteiger partial charge in [0.25, 0.3) is 5.91 Å². The van der Waals surface area contributed by atoms with E-state index in [1.54, 1.807) is 56.5 Å². The van der Waals surface area contributed by atoms with Gasteiger partial charge in [-0.1, -0.05) is 12.1 Å². The molecule has 0 spiro atoms. The molecule has 1 amide bonds. The molecule has 2 rings (SSSR count). The van der Waals surface area contributed by atoms with E-state index in [4.69, 9.17) is 18.9 Å². The number of rotatable bonds is 10. The Kier molecular flexibility index (Phi) is 8.97. The maximum atomic E-state index is 11.9. The highest BCUT2D eigenvalue weighted by atomic mass is 79.9. The zero-order valence-electron chi connectivity index (χ0n) is 16.0. The van der Waals surface area contributed by atoms with Crippen LogP contribution in [0.25, 0.3) is 0 Å². The molecule has 0 aliphatic heterocycles. The van der Waals surface area contributed by atoms with Crippen LogP contribution < -0.4 is 19.6 Å². The van der Waals surface area contributed by atoms with Crippen LogP contribution in [0.3, 0.4) is 0 Å². The van der Waals surface area contributed by atoms with Gasteiger partial charge in [0, 0.05) is 5.56 Å². The molecule has 0 aliphatic rings. The standard InChI is InChI=1S/C20H21BrN2O6/c1-3-27-20(25)13-29-17-7-5-4-6-14(17)11-22-23-19(24)12-28-18-9-8-15(26-2)10-16(18)21/h4-11H,3,12-13H2,1-2H3,(H,23,24). The number of hydrogen-bond acceptors (Lipinski definition) is 7. The molecule has 0 unspecified atom stereocenters. The Balaban J connectivity index is 1.86. The fraction of sp³-hybridized carbons (Fsp3) is 0.250. The van der Waals surface area contributed by atoms with Crippen LogP contribution in [0.5, 0.6) is 17.2 Å². The third-order valence-corrected chi connectivity index (χ3v) is 4.08. The Bertz CT molecular complexity index is 872. The zero-order valence-corrected chi connectivity index (χ0v) is 17.6. The Morgan fingerprint density at radius 2 is 1.86 bits per heavy atom. The van der Waals surface area contributed by atoms with Gasteiger partial charge < -0.3 is 18.9 Å². The molecule has 2 aromatic rings. The molecule has 0 fully saturated rings. The third-order valence-electron chi connectivity index (χ3n) is 3.46. The number of esters is 1. The molecule has 0 saturated heterocycles. The van der Waals surface area contributed by atoms with Gasteiger partial charge in [-0.3, -0.25) is 4.79 Å². The van der Waals surface area contributed by atoms with Crippen molar-refractivity contribution in [3.05, 3.63) is 52.5 Å². The second-order valence-electron chi connectivity index (χ2n) is 5.51. The predicted octanol–water partition coefficient (Wildman–Crippen LogP) is 2.93. The zero-order chi connectivity index (χ0) is 21.1. The van der Waals surface area contributed by atoms with Crippen molar-refractivity contribution in [2.45, 2.75) is 6.92 Å². The average Bonchev–Trinajstić information content (AvgIpc) is 2.72. The predicted molar refractivity (Wildman–Crippen MR) is 110 cm³/mol. The average molecular weight is 465 g/mol. The van der Waals surface area contributed by atoms with Crippen molar-refractivity contribution < 1.29 is 28.5 Å². The molecule has 0 saturated carbocycles. The van der Waals surface area contributed by atoms with E-state index >= 15 is 0 Å². The quantitative estimate of drug-likeness (QED) is 0.330. The lowest BCUT2D eigenvalue weighted by molar-refractivity contribution is -0.145. The molecular weight excluding hydrogens is 444 g/mol. The Hall–Kier alpha value is -3.07. The number of carbonyl (C=O) groups is 2. The van der Waals surface area contributed by atoms with Gasteiger partial charge in [-0.2, -0.15) is 5.10 Å². The fourth-order valence-electron chi connectivity index (χ4n) is 2.13. The van der Waals surface area contributed by atoms with Crippen LogP contribution >= 0.6 is 15.9 Å². The fourth-order valence-corrected chi connectivity index (χ4v) is 2.61. The lowest BCUT2D eigenvalue weighted by Crippen LogP contribution is -2.24. The van der Waals surface area contributed by atoms with E-state index in [0.717, 1.165) is 0 Å². The van der Waals surface area contributed by atoms with Gasteiger partial charge in [0.05, 0.1) is 24.4 Å². The SMILES string of the molecule is CCOC(=O)COc1ccccc1C=NNC(=O)COc1ccc(OC)cc1Br. The van der Waals surface area contributed by atoms with E-state index in [0.29, 0.717) is 27.3 Å². The van der Waals surface area contributed by atoms with Crippen LogP contribution in [0.1, 0.15) is 12.5 Å². The Morgan fingerprint density at radius 3 is 2.59 bits per heavy atom. The highest BCUT2D eigenvalue weighted by Crippen LogP contribution is 2.28. The summed E-state index contributed by atoms with van der Waals surface area (Å²) in [5, 5.41) is 3.90. The van der Waals surface area contributed by atoms with Gasteiger partial charge in [-0.05, 0) is 53.2 Å². The monoisotopic (exact) mass is 464 g/mol. The number of benzene rings is 2. The van der Waals surface area contributed by atoms with Crippen molar-refractivity contribution >= 4 is 34.0 Å². The van der Waals surface area contributed by atoms with E-state index < -0.39 is 11.9 Å². The molecule has 154 valence electrons. The number of ether oxygens (including phenoxy) is 4. The topological polar surface area (TPSA) is 95.5 Å². The van der Waals surface area contributed by atoms with Crippen molar-refractivity contribution in [2.24, 2.45) is 5.10 Å². The number of nitrogens with zero attached hydrogens (tertiary/aromatic N) is 1. The van der Waals surface area contributed by atoms with Gasteiger partial charge >= 0.3 is 5.97 Å². The normalized spacial score (nSPS) is 10.4. The van der Waals surface area contributed by atoms with Gasteiger partial charge in [0.1, 0.15) is 17.2 Å². The first-order chi connectivity index (χ1) is 14.0. The molecular formula is C20H21BrN2O6. The van der Waals surface area contributed by atoms with Crippen molar-refractivity contribution in [2.75, 3.05) is 26.9 Å². The molecule has 0 atom stereocenters. The highest BCUT2D eigenvalue weighted by molar-refractivity contribution is 9.10. The van der Waals surface area contributed by atoms with Crippen LogP contribution in [0.2, 0.25) is 0 Å². The summed E-state index contributed by atoms with van der Waals surface area (Å²) in [6.45, 7) is 1.57. The molecule has 0 bridgehead atoms. The second-order valence-corrected chi connectivity index (χ2v) is 6.36. The second kappa shape index (κ2) is 11.7. The lowest BCUT2D eigenvalue weighted by Gasteiger charge is -2.09. The number of hydrazone groups is 1. The minimum atomic E-state index is -0.464. The first kappa shape index (κ1) is 22.2. The largest absolute Gasteiger partial charge is 0.497 e. The molecule has 8 nitrogen and oxygen atoms in total. The van der Waals surface area contributed by atoms with Gasteiger partial charge in [-0.25, -0.2) is 10.2 Å². The van der Waals surface area contributed by atoms with Crippen LogP contribution in [0.4, 0.5) is 0 Å². The first-order valence-corrected chi connectivity index (χ1v) is 9.48. The summed E-state index contributed by atoms with van der Waals surface area (Å²) in [4.78, 5) is 23.3. The molecule has 0 aliphatic carbocycles. The molecule has 9 heteroatoms. The van der Waals surface area contributed by atoms with E-state index in [9.17, 15) is 9.59 Å². The van der Waals surface area contributed by atoms with Gasteiger partial charge in [-0.15, -0.1) is 0 Å². The Morgan fingerprint density at radius 1 is 1.10 bits per heavy atom. The first-order valence-electron chi connectivity index (χ1n) is 8.69. The lowest BCUT2D eigenvalue weighted by atomic mass is 10.2. The van der Waals surface area contributed by atoms with E-state index in [1.807, 2.05) is 0 Å². The Labute approximate surface area is 176 Å². The van der Waals surface area contributed by atoms with Crippen LogP contribution in [-0.2, 0) is 14.3 Å². The number of para-hydroxylation sites is 1. The molecule has 0 heterocycles. The van der Waals surface area contributed by atoms with Gasteiger partial charge in [0.2, 0.25) is 0 Å². The van der Waals surface area contributed by atoms with E-state index in [2.05, 4.69) is 26.5 Å². The summed E-state index contributed by atoms with van der Waals surface area (Å²) >= 11 is 3.35. The van der Waals surface area contributed by atoms with Crippen molar-refractivity contribution in [1.82, 2.24) is 5.43 Å². The number of methoxy groups -OCH3 is 1. The molecule has 1 N–H and O–H groups in total. The summed E-state index contributed by atoms with van der Waals surface area (Å²) in [5.74, 6) is 0.713. The molecule has 0 aromatic heterocycles. The molecule has 0 radical (unpaired) electrons. The number of hydrogen-bond donors (Lipinski definition) is 1. The van der Waals surface area contributed by atoms with Crippen molar-refractivity contribution in [1.29, 1.82) is 0 Å². The van der Waals surface area contributed by atoms with E-state index in [-0.39, 0.29) is 19.8 Å². The maximum absolute atomic E-state index is 11.9. The summed E-state index contributed by atoms with van der Waals surface area (Å²) in [6.07, 6.45) is 1.42. The highest BCUT2D eigenvalue weighted by Gasteiger charge is 2.08. The number of amides is 1. The molecule has 2 aromatic carbocycles. The maximum Gasteiger partial charge on any atom is 0.344 e. The van der Waals surface area contributed by atoms with Crippen molar-refractivity contribution in [3.63, 3.8) is 0 Å². The summed E-state index contributed by atoms with van der Waals surface area (Å²) in [6, 6.07) is 12.1. The summed E-state index contributed by atoms with van der Waals surface area (Å²) < 4.78 is 21.5. The van der Waals surface area contributed by atoms with Crippen LogP contribution in [-0.4, -0.2) is 45.0 Å². The number of nitrogens with one attached hydrogen (secondary N) is 1. The van der Waals surface area contributed by atoms with E-state index in [1.165, 1.54) is 6.21 Å². The third kappa shape index (κ3) is 7.46. The minimum Gasteiger partial charge on any atom is -0.497 e. The minimum absolute atomic E-state index is 0.213. The van der Waals surface area contributed by atoms with Gasteiger partial charge in [0.15, 0.2) is 13.2 Å². The van der Waals surface area contributed by atoms with Crippen LogP contribution in [0, 0.1) is 0 Å². The summed E-state index contributed by atoms with van der Waals surface area (Å²) in [5.41, 5.74) is 2.97. The summed E-state index contributed by atoms with van der Waals surface area (Å²) in [7, 11) is 1.56. The van der Waals surface area contributed by atoms with Crippen molar-refractivity contribution in [3.8, 4) is 17.2 Å². The number of halogens is 1. The van der Waals surface area contributed by atoms with Crippen LogP contribution in [0.15, 0.2) is 52.0 Å². The smallest absolute Gasteiger partial charge is 0.344 e. The molecule has 29 heavy (non-hydrogen) atoms.